The Morgan fingerprint density at radius 3 is 2.91 bits per heavy atom. The average Bonchev–Trinajstić information content (AvgIpc) is 3.24. The van der Waals surface area contributed by atoms with E-state index in [9.17, 15) is 9.59 Å². The summed E-state index contributed by atoms with van der Waals surface area (Å²) in [4.78, 5) is 24.0. The third-order valence-corrected chi connectivity index (χ3v) is 4.12. The zero-order valence-corrected chi connectivity index (χ0v) is 12.9. The van der Waals surface area contributed by atoms with Crippen molar-refractivity contribution in [1.29, 1.82) is 0 Å². The maximum absolute atomic E-state index is 12.1. The zero-order chi connectivity index (χ0) is 16.4. The molecule has 118 valence electrons. The number of carbonyl (C=O) groups excluding carboxylic acids is 1. The number of rotatable bonds is 5. The first-order valence-electron chi connectivity index (χ1n) is 6.74. The summed E-state index contributed by atoms with van der Waals surface area (Å²) >= 11 is 1.54. The van der Waals surface area contributed by atoms with Crippen molar-refractivity contribution >= 4 is 23.2 Å². The summed E-state index contributed by atoms with van der Waals surface area (Å²) in [5.41, 5.74) is 1.12. The van der Waals surface area contributed by atoms with Gasteiger partial charge in [-0.05, 0) is 30.5 Å². The van der Waals surface area contributed by atoms with E-state index in [-0.39, 0.29) is 23.7 Å². The third kappa shape index (κ3) is 3.16. The van der Waals surface area contributed by atoms with E-state index < -0.39 is 5.97 Å². The van der Waals surface area contributed by atoms with E-state index >= 15 is 0 Å². The lowest BCUT2D eigenvalue weighted by atomic mass is 10.2. The van der Waals surface area contributed by atoms with Crippen LogP contribution in [0.2, 0.25) is 0 Å². The van der Waals surface area contributed by atoms with Crippen LogP contribution in [0, 0.1) is 6.92 Å². The van der Waals surface area contributed by atoms with Gasteiger partial charge < -0.3 is 14.8 Å². The molecular formula is C15H13N3O4S. The molecule has 3 aromatic rings. The largest absolute Gasteiger partial charge is 0.478 e. The second-order valence-corrected chi connectivity index (χ2v) is 5.76. The molecule has 0 spiro atoms. The van der Waals surface area contributed by atoms with E-state index in [4.69, 9.17) is 9.52 Å². The number of thiophene rings is 1. The standard InChI is InChI=1S/C15H13N3O4S/c1-8-10(15(20)21)5-9(22-8)7-16-14(19)12-6-11(17-18-12)13-3-2-4-23-13/h2-6H,7H2,1H3,(H,16,19)(H,17,18)(H,20,21). The number of hydrogen-bond donors (Lipinski definition) is 3. The molecule has 0 fully saturated rings. The maximum Gasteiger partial charge on any atom is 0.339 e. The van der Waals surface area contributed by atoms with E-state index in [1.54, 1.807) is 24.3 Å². The van der Waals surface area contributed by atoms with Crippen LogP contribution in [0.15, 0.2) is 34.1 Å². The van der Waals surface area contributed by atoms with Crippen LogP contribution >= 0.6 is 11.3 Å². The van der Waals surface area contributed by atoms with Crippen LogP contribution in [0.25, 0.3) is 10.6 Å². The van der Waals surface area contributed by atoms with Crippen molar-refractivity contribution in [2.45, 2.75) is 13.5 Å². The van der Waals surface area contributed by atoms with Crippen molar-refractivity contribution in [3.63, 3.8) is 0 Å². The first kappa shape index (κ1) is 15.0. The van der Waals surface area contributed by atoms with Gasteiger partial charge in [-0.15, -0.1) is 11.3 Å². The number of amides is 1. The zero-order valence-electron chi connectivity index (χ0n) is 12.1. The molecule has 0 atom stereocenters. The Bertz CT molecular complexity index is 848. The summed E-state index contributed by atoms with van der Waals surface area (Å²) < 4.78 is 5.30. The molecule has 0 aromatic carbocycles. The molecule has 0 aliphatic heterocycles. The van der Waals surface area contributed by atoms with Gasteiger partial charge in [-0.3, -0.25) is 9.89 Å². The lowest BCUT2D eigenvalue weighted by Gasteiger charge is -1.99. The van der Waals surface area contributed by atoms with Gasteiger partial charge in [-0.25, -0.2) is 4.79 Å². The van der Waals surface area contributed by atoms with E-state index in [1.807, 2.05) is 17.5 Å². The van der Waals surface area contributed by atoms with Crippen LogP contribution in [0.3, 0.4) is 0 Å². The second kappa shape index (κ2) is 6.09. The number of aromatic nitrogens is 2. The topological polar surface area (TPSA) is 108 Å². The fourth-order valence-electron chi connectivity index (χ4n) is 2.10. The quantitative estimate of drug-likeness (QED) is 0.666. The summed E-state index contributed by atoms with van der Waals surface area (Å²) in [5.74, 6) is -0.740. The molecule has 0 saturated heterocycles. The molecule has 7 nitrogen and oxygen atoms in total. The Morgan fingerprint density at radius 2 is 2.26 bits per heavy atom. The summed E-state index contributed by atoms with van der Waals surface area (Å²) in [6.07, 6.45) is 0. The molecule has 0 aliphatic rings. The Kier molecular flexibility index (Phi) is 3.98. The Labute approximate surface area is 135 Å². The Balaban J connectivity index is 1.66. The summed E-state index contributed by atoms with van der Waals surface area (Å²) in [6, 6.07) is 6.91. The highest BCUT2D eigenvalue weighted by Crippen LogP contribution is 2.23. The van der Waals surface area contributed by atoms with Crippen molar-refractivity contribution in [2.75, 3.05) is 0 Å². The molecular weight excluding hydrogens is 318 g/mol. The van der Waals surface area contributed by atoms with Gasteiger partial charge in [-0.1, -0.05) is 6.07 Å². The number of furan rings is 1. The lowest BCUT2D eigenvalue weighted by Crippen LogP contribution is -2.22. The predicted molar refractivity (Wildman–Crippen MR) is 83.5 cm³/mol. The number of aromatic carboxylic acids is 1. The van der Waals surface area contributed by atoms with Gasteiger partial charge in [0.05, 0.1) is 17.1 Å². The lowest BCUT2D eigenvalue weighted by molar-refractivity contribution is 0.0694. The normalized spacial score (nSPS) is 10.7. The van der Waals surface area contributed by atoms with Crippen LogP contribution < -0.4 is 5.32 Å². The van der Waals surface area contributed by atoms with Gasteiger partial charge in [0.15, 0.2) is 5.69 Å². The monoisotopic (exact) mass is 331 g/mol. The van der Waals surface area contributed by atoms with Crippen LogP contribution in [0.4, 0.5) is 0 Å². The van der Waals surface area contributed by atoms with Gasteiger partial charge in [0.25, 0.3) is 5.91 Å². The number of carboxylic acid groups (broad SMARTS) is 1. The summed E-state index contributed by atoms with van der Waals surface area (Å²) in [6.45, 7) is 1.66. The molecule has 3 heterocycles. The Hall–Kier alpha value is -2.87. The van der Waals surface area contributed by atoms with Gasteiger partial charge in [0.2, 0.25) is 0 Å². The van der Waals surface area contributed by atoms with Gasteiger partial charge in [0.1, 0.15) is 17.1 Å². The number of carbonyl (C=O) groups is 2. The number of hydrogen-bond acceptors (Lipinski definition) is 5. The number of nitrogens with one attached hydrogen (secondary N) is 2. The summed E-state index contributed by atoms with van der Waals surface area (Å²) in [7, 11) is 0. The molecule has 3 rings (SSSR count). The molecule has 3 aromatic heterocycles. The van der Waals surface area contributed by atoms with E-state index in [0.717, 1.165) is 10.6 Å². The minimum atomic E-state index is -1.06. The maximum atomic E-state index is 12.1. The highest BCUT2D eigenvalue weighted by molar-refractivity contribution is 7.13. The minimum Gasteiger partial charge on any atom is -0.478 e. The van der Waals surface area contributed by atoms with Gasteiger partial charge >= 0.3 is 5.97 Å². The predicted octanol–water partition coefficient (Wildman–Crippen LogP) is 2.67. The van der Waals surface area contributed by atoms with Crippen molar-refractivity contribution < 1.29 is 19.1 Å². The Morgan fingerprint density at radius 1 is 1.43 bits per heavy atom. The van der Waals surface area contributed by atoms with Crippen molar-refractivity contribution in [2.24, 2.45) is 0 Å². The number of H-pyrrole nitrogens is 1. The molecule has 0 aliphatic carbocycles. The molecule has 0 bridgehead atoms. The molecule has 1 amide bonds. The minimum absolute atomic E-state index is 0.0914. The average molecular weight is 331 g/mol. The third-order valence-electron chi connectivity index (χ3n) is 3.22. The molecule has 23 heavy (non-hydrogen) atoms. The first-order chi connectivity index (χ1) is 11.0. The highest BCUT2D eigenvalue weighted by atomic mass is 32.1. The van der Waals surface area contributed by atoms with Crippen molar-refractivity contribution in [1.82, 2.24) is 15.5 Å². The van der Waals surface area contributed by atoms with Crippen LogP contribution in [0.1, 0.15) is 32.4 Å². The van der Waals surface area contributed by atoms with E-state index in [1.165, 1.54) is 6.07 Å². The summed E-state index contributed by atoms with van der Waals surface area (Å²) in [5, 5.41) is 20.3. The number of nitrogens with zero attached hydrogens (tertiary/aromatic N) is 1. The van der Waals surface area contributed by atoms with E-state index in [0.29, 0.717) is 11.5 Å². The molecule has 0 radical (unpaired) electrons. The number of aryl methyl sites for hydroxylation is 1. The fraction of sp³-hybridized carbons (Fsp3) is 0.133. The smallest absolute Gasteiger partial charge is 0.339 e. The van der Waals surface area contributed by atoms with Crippen molar-refractivity contribution in [3.8, 4) is 10.6 Å². The van der Waals surface area contributed by atoms with Crippen molar-refractivity contribution in [3.05, 3.63) is 52.4 Å². The second-order valence-electron chi connectivity index (χ2n) is 4.81. The van der Waals surface area contributed by atoms with Crippen LogP contribution in [-0.2, 0) is 6.54 Å². The molecule has 8 heteroatoms. The molecule has 3 N–H and O–H groups in total. The number of carboxylic acids is 1. The van der Waals surface area contributed by atoms with Crippen LogP contribution in [-0.4, -0.2) is 27.2 Å². The molecule has 0 unspecified atom stereocenters. The molecule has 0 saturated carbocycles. The van der Waals surface area contributed by atoms with E-state index in [2.05, 4.69) is 15.5 Å². The van der Waals surface area contributed by atoms with Gasteiger partial charge in [0, 0.05) is 0 Å². The highest BCUT2D eigenvalue weighted by Gasteiger charge is 2.16. The SMILES string of the molecule is Cc1oc(CNC(=O)c2cc(-c3cccs3)[nH]n2)cc1C(=O)O. The number of aromatic amines is 1. The van der Waals surface area contributed by atoms with Crippen LogP contribution in [0.5, 0.6) is 0 Å². The first-order valence-corrected chi connectivity index (χ1v) is 7.62. The van der Waals surface area contributed by atoms with Gasteiger partial charge in [-0.2, -0.15) is 5.10 Å². The fourth-order valence-corrected chi connectivity index (χ4v) is 2.79.